The molecule has 1 rings (SSSR count). The number of aliphatic hydroxyl groups is 1. The molecule has 0 bridgehead atoms. The van der Waals surface area contributed by atoms with Crippen molar-refractivity contribution in [1.29, 1.82) is 0 Å². The normalized spacial score (nSPS) is 31.4. The van der Waals surface area contributed by atoms with Crippen LogP contribution in [0.2, 0.25) is 0 Å². The third kappa shape index (κ3) is 1.35. The number of hydrogen-bond donors (Lipinski definition) is 1. The highest BCUT2D eigenvalue weighted by Gasteiger charge is 2.53. The van der Waals surface area contributed by atoms with Crippen molar-refractivity contribution < 1.29 is 9.90 Å². The molecule has 1 fully saturated rings. The summed E-state index contributed by atoms with van der Waals surface area (Å²) in [4.78, 5) is 13.1. The quantitative estimate of drug-likeness (QED) is 0.571. The van der Waals surface area contributed by atoms with Crippen LogP contribution in [0.5, 0.6) is 0 Å². The molecule has 1 heterocycles. The zero-order valence-electron chi connectivity index (χ0n) is 7.59. The minimum atomic E-state index is -1.16. The maximum Gasteiger partial charge on any atom is 0.255 e. The van der Waals surface area contributed by atoms with Crippen molar-refractivity contribution in [2.75, 3.05) is 13.6 Å². The van der Waals surface area contributed by atoms with E-state index in [1.165, 1.54) is 0 Å². The molecule has 0 aromatic heterocycles. The Bertz CT molecular complexity index is 212. The first-order chi connectivity index (χ1) is 5.29. The number of likely N-dealkylation sites (N-methyl/N-ethyl adjacent to an activating group) is 1. The van der Waals surface area contributed by atoms with E-state index in [4.69, 9.17) is 0 Å². The molecular weight excluding hydrogens is 269 g/mol. The molecule has 4 heteroatoms. The van der Waals surface area contributed by atoms with Gasteiger partial charge in [0.2, 0.25) is 0 Å². The fourth-order valence-electron chi connectivity index (χ4n) is 1.41. The standard InChI is InChI=1S/C8H14INO2/c1-7(2,9)8(12)4-5-10(3)6(8)11/h12H,4-5H2,1-3H3/t8-/m1/s1. The molecule has 0 unspecified atom stereocenters. The lowest BCUT2D eigenvalue weighted by Gasteiger charge is -2.32. The van der Waals surface area contributed by atoms with Crippen LogP contribution < -0.4 is 0 Å². The summed E-state index contributed by atoms with van der Waals surface area (Å²) in [5.41, 5.74) is -1.16. The summed E-state index contributed by atoms with van der Waals surface area (Å²) in [5.74, 6) is -0.151. The van der Waals surface area contributed by atoms with Crippen LogP contribution in [-0.2, 0) is 4.79 Å². The van der Waals surface area contributed by atoms with E-state index < -0.39 is 9.02 Å². The van der Waals surface area contributed by atoms with Gasteiger partial charge in [-0.2, -0.15) is 0 Å². The third-order valence-corrected chi connectivity index (χ3v) is 3.39. The molecule has 1 aliphatic heterocycles. The number of likely N-dealkylation sites (tertiary alicyclic amines) is 1. The molecule has 0 saturated carbocycles. The lowest BCUT2D eigenvalue weighted by Crippen LogP contribution is -2.51. The van der Waals surface area contributed by atoms with Crippen LogP contribution in [0, 0.1) is 0 Å². The van der Waals surface area contributed by atoms with Crippen molar-refractivity contribution in [2.45, 2.75) is 29.3 Å². The molecule has 0 aromatic rings. The number of hydrogen-bond acceptors (Lipinski definition) is 2. The Morgan fingerprint density at radius 1 is 1.67 bits per heavy atom. The maximum atomic E-state index is 11.5. The van der Waals surface area contributed by atoms with E-state index in [2.05, 4.69) is 22.6 Å². The summed E-state index contributed by atoms with van der Waals surface area (Å²) in [6, 6.07) is 0. The average molecular weight is 283 g/mol. The highest BCUT2D eigenvalue weighted by atomic mass is 127. The molecule has 3 nitrogen and oxygen atoms in total. The zero-order valence-corrected chi connectivity index (χ0v) is 9.75. The van der Waals surface area contributed by atoms with Crippen molar-refractivity contribution in [3.8, 4) is 0 Å². The molecular formula is C8H14INO2. The first-order valence-corrected chi connectivity index (χ1v) is 5.04. The third-order valence-electron chi connectivity index (χ3n) is 2.49. The largest absolute Gasteiger partial charge is 0.379 e. The second-order valence-electron chi connectivity index (χ2n) is 3.81. The second-order valence-corrected chi connectivity index (χ2v) is 6.51. The van der Waals surface area contributed by atoms with Gasteiger partial charge in [0.25, 0.3) is 5.91 Å². The van der Waals surface area contributed by atoms with E-state index in [0.717, 1.165) is 0 Å². The summed E-state index contributed by atoms with van der Waals surface area (Å²) in [5, 5.41) is 10.1. The van der Waals surface area contributed by atoms with Gasteiger partial charge in [-0.15, -0.1) is 0 Å². The number of carbonyl (C=O) groups excluding carboxylic acids is 1. The number of rotatable bonds is 1. The molecule has 1 aliphatic rings. The van der Waals surface area contributed by atoms with Gasteiger partial charge in [-0.25, -0.2) is 0 Å². The Hall–Kier alpha value is 0.160. The van der Waals surface area contributed by atoms with Gasteiger partial charge in [-0.1, -0.05) is 22.6 Å². The molecule has 1 amide bonds. The summed E-state index contributed by atoms with van der Waals surface area (Å²) >= 11 is 2.12. The number of alkyl halides is 1. The molecule has 70 valence electrons. The minimum absolute atomic E-state index is 0.151. The fourth-order valence-corrected chi connectivity index (χ4v) is 1.91. The minimum Gasteiger partial charge on any atom is -0.379 e. The SMILES string of the molecule is CN1CC[C@](O)(C(C)(C)I)C1=O. The lowest BCUT2D eigenvalue weighted by molar-refractivity contribution is -0.143. The van der Waals surface area contributed by atoms with E-state index in [0.29, 0.717) is 13.0 Å². The summed E-state index contributed by atoms with van der Waals surface area (Å²) in [6.07, 6.45) is 0.540. The highest BCUT2D eigenvalue weighted by molar-refractivity contribution is 14.1. The molecule has 1 saturated heterocycles. The Morgan fingerprint density at radius 2 is 2.17 bits per heavy atom. The molecule has 0 radical (unpaired) electrons. The molecule has 0 aromatic carbocycles. The van der Waals surface area contributed by atoms with Crippen molar-refractivity contribution in [3.05, 3.63) is 0 Å². The van der Waals surface area contributed by atoms with Gasteiger partial charge >= 0.3 is 0 Å². The van der Waals surface area contributed by atoms with Gasteiger partial charge in [0, 0.05) is 20.0 Å². The topological polar surface area (TPSA) is 40.5 Å². The monoisotopic (exact) mass is 283 g/mol. The summed E-state index contributed by atoms with van der Waals surface area (Å²) < 4.78 is -0.396. The number of halogens is 1. The fraction of sp³-hybridized carbons (Fsp3) is 0.875. The van der Waals surface area contributed by atoms with Crippen molar-refractivity contribution in [2.24, 2.45) is 0 Å². The van der Waals surface area contributed by atoms with E-state index >= 15 is 0 Å². The van der Waals surface area contributed by atoms with Crippen LogP contribution in [0.15, 0.2) is 0 Å². The van der Waals surface area contributed by atoms with Crippen molar-refractivity contribution in [3.63, 3.8) is 0 Å². The smallest absolute Gasteiger partial charge is 0.255 e. The van der Waals surface area contributed by atoms with Crippen LogP contribution >= 0.6 is 22.6 Å². The van der Waals surface area contributed by atoms with Crippen LogP contribution in [0.4, 0.5) is 0 Å². The van der Waals surface area contributed by atoms with Crippen LogP contribution in [0.3, 0.4) is 0 Å². The maximum absolute atomic E-state index is 11.5. The Labute approximate surface area is 86.3 Å². The Balaban J connectivity index is 2.94. The van der Waals surface area contributed by atoms with Gasteiger partial charge in [0.15, 0.2) is 5.60 Å². The van der Waals surface area contributed by atoms with Crippen molar-refractivity contribution in [1.82, 2.24) is 4.90 Å². The Kier molecular flexibility index (Phi) is 2.42. The van der Waals surface area contributed by atoms with E-state index in [1.54, 1.807) is 11.9 Å². The molecule has 1 N–H and O–H groups in total. The Morgan fingerprint density at radius 3 is 2.33 bits per heavy atom. The van der Waals surface area contributed by atoms with E-state index in [9.17, 15) is 9.90 Å². The average Bonchev–Trinajstić information content (AvgIpc) is 2.16. The number of nitrogens with zero attached hydrogens (tertiary/aromatic N) is 1. The number of carbonyl (C=O) groups is 1. The van der Waals surface area contributed by atoms with Gasteiger partial charge < -0.3 is 10.0 Å². The van der Waals surface area contributed by atoms with Gasteiger partial charge in [-0.05, 0) is 13.8 Å². The van der Waals surface area contributed by atoms with E-state index in [-0.39, 0.29) is 5.91 Å². The van der Waals surface area contributed by atoms with Gasteiger partial charge in [-0.3, -0.25) is 4.79 Å². The molecule has 1 atom stereocenters. The van der Waals surface area contributed by atoms with E-state index in [1.807, 2.05) is 13.8 Å². The molecule has 12 heavy (non-hydrogen) atoms. The van der Waals surface area contributed by atoms with Crippen molar-refractivity contribution >= 4 is 28.5 Å². The van der Waals surface area contributed by atoms with Crippen LogP contribution in [0.25, 0.3) is 0 Å². The van der Waals surface area contributed by atoms with Crippen LogP contribution in [-0.4, -0.2) is 38.5 Å². The van der Waals surface area contributed by atoms with Crippen LogP contribution in [0.1, 0.15) is 20.3 Å². The lowest BCUT2D eigenvalue weighted by atomic mass is 9.89. The number of amides is 1. The second kappa shape index (κ2) is 2.83. The molecule has 0 spiro atoms. The summed E-state index contributed by atoms with van der Waals surface area (Å²) in [7, 11) is 1.72. The van der Waals surface area contributed by atoms with Gasteiger partial charge in [0.05, 0.1) is 3.42 Å². The first-order valence-electron chi connectivity index (χ1n) is 3.96. The predicted molar refractivity (Wildman–Crippen MR) is 55.3 cm³/mol. The van der Waals surface area contributed by atoms with Gasteiger partial charge in [0.1, 0.15) is 0 Å². The first kappa shape index (κ1) is 10.2. The predicted octanol–water partition coefficient (Wildman–Crippen LogP) is 0.793. The summed E-state index contributed by atoms with van der Waals surface area (Å²) in [6.45, 7) is 4.41. The molecule has 0 aliphatic carbocycles. The zero-order chi connectivity index (χ0) is 9.57. The highest BCUT2D eigenvalue weighted by Crippen LogP contribution is 2.38.